The second-order valence-corrected chi connectivity index (χ2v) is 7.91. The maximum atomic E-state index is 4.53. The summed E-state index contributed by atoms with van der Waals surface area (Å²) in [6.07, 6.45) is 23.8. The predicted molar refractivity (Wildman–Crippen MR) is 118 cm³/mol. The van der Waals surface area contributed by atoms with Gasteiger partial charge in [-0.25, -0.2) is 4.98 Å². The van der Waals surface area contributed by atoms with Crippen molar-refractivity contribution in [2.75, 3.05) is 0 Å². The number of nitrogens with zero attached hydrogens (tertiary/aromatic N) is 2. The Morgan fingerprint density at radius 3 is 1.74 bits per heavy atom. The molecule has 1 aromatic heterocycles. The molecule has 0 N–H and O–H groups in total. The molecular formula is C25H40N2. The SMILES string of the molecule is CCCCCCCCCCCCCCCCn1ccnc1-c1ccccc1. The average molecular weight is 369 g/mol. The molecule has 0 aliphatic carbocycles. The lowest BCUT2D eigenvalue weighted by molar-refractivity contribution is 0.525. The van der Waals surface area contributed by atoms with E-state index in [4.69, 9.17) is 0 Å². The fraction of sp³-hybridized carbons (Fsp3) is 0.640. The van der Waals surface area contributed by atoms with Crippen molar-refractivity contribution in [2.45, 2.75) is 103 Å². The molecular weight excluding hydrogens is 328 g/mol. The molecule has 0 bridgehead atoms. The first-order valence-electron chi connectivity index (χ1n) is 11.5. The Labute approximate surface area is 167 Å². The van der Waals surface area contributed by atoms with E-state index in [1.165, 1.54) is 95.5 Å². The first-order valence-corrected chi connectivity index (χ1v) is 11.5. The number of unbranched alkanes of at least 4 members (excludes halogenated alkanes) is 13. The number of benzene rings is 1. The Kier molecular flexibility index (Phi) is 11.7. The van der Waals surface area contributed by atoms with Crippen LogP contribution in [0, 0.1) is 0 Å². The first-order chi connectivity index (χ1) is 13.4. The van der Waals surface area contributed by atoms with Gasteiger partial charge < -0.3 is 4.57 Å². The van der Waals surface area contributed by atoms with E-state index in [9.17, 15) is 0 Å². The van der Waals surface area contributed by atoms with Crippen LogP contribution in [-0.4, -0.2) is 9.55 Å². The lowest BCUT2D eigenvalue weighted by atomic mass is 10.0. The monoisotopic (exact) mass is 368 g/mol. The summed E-state index contributed by atoms with van der Waals surface area (Å²) in [5.41, 5.74) is 1.22. The minimum absolute atomic E-state index is 1.09. The summed E-state index contributed by atoms with van der Waals surface area (Å²) in [5, 5.41) is 0. The van der Waals surface area contributed by atoms with Gasteiger partial charge in [0.1, 0.15) is 5.82 Å². The maximum Gasteiger partial charge on any atom is 0.139 e. The van der Waals surface area contributed by atoms with Crippen LogP contribution in [0.4, 0.5) is 0 Å². The Hall–Kier alpha value is -1.57. The first kappa shape index (κ1) is 21.7. The third-order valence-corrected chi connectivity index (χ3v) is 5.50. The fourth-order valence-corrected chi connectivity index (χ4v) is 3.81. The highest BCUT2D eigenvalue weighted by atomic mass is 15.1. The van der Waals surface area contributed by atoms with Crippen LogP contribution >= 0.6 is 0 Å². The second-order valence-electron chi connectivity index (χ2n) is 7.91. The Morgan fingerprint density at radius 2 is 1.19 bits per heavy atom. The van der Waals surface area contributed by atoms with E-state index in [-0.39, 0.29) is 0 Å². The van der Waals surface area contributed by atoms with E-state index in [0.29, 0.717) is 0 Å². The standard InChI is InChI=1S/C25H40N2/c1-2-3-4-5-6-7-8-9-10-11-12-13-14-18-22-27-23-21-26-25(27)24-19-16-15-17-20-24/h15-17,19-21,23H,2-14,18,22H2,1H3. The number of aromatic nitrogens is 2. The molecule has 0 saturated carbocycles. The van der Waals surface area contributed by atoms with Crippen molar-refractivity contribution >= 4 is 0 Å². The summed E-state index contributed by atoms with van der Waals surface area (Å²) >= 11 is 0. The Morgan fingerprint density at radius 1 is 0.667 bits per heavy atom. The third-order valence-electron chi connectivity index (χ3n) is 5.50. The van der Waals surface area contributed by atoms with Gasteiger partial charge in [0.15, 0.2) is 0 Å². The highest BCUT2D eigenvalue weighted by Gasteiger charge is 2.04. The van der Waals surface area contributed by atoms with Gasteiger partial charge in [-0.3, -0.25) is 0 Å². The number of imidazole rings is 1. The van der Waals surface area contributed by atoms with Gasteiger partial charge in [-0.1, -0.05) is 121 Å². The van der Waals surface area contributed by atoms with Gasteiger partial charge in [-0.15, -0.1) is 0 Å². The van der Waals surface area contributed by atoms with Gasteiger partial charge in [-0.05, 0) is 6.42 Å². The topological polar surface area (TPSA) is 17.8 Å². The molecule has 0 radical (unpaired) electrons. The van der Waals surface area contributed by atoms with Crippen molar-refractivity contribution in [3.05, 3.63) is 42.7 Å². The van der Waals surface area contributed by atoms with Gasteiger partial charge in [-0.2, -0.15) is 0 Å². The molecule has 2 rings (SSSR count). The summed E-state index contributed by atoms with van der Waals surface area (Å²) in [7, 11) is 0. The third kappa shape index (κ3) is 9.26. The molecule has 2 aromatic rings. The molecule has 150 valence electrons. The lowest BCUT2D eigenvalue weighted by Crippen LogP contribution is -1.99. The van der Waals surface area contributed by atoms with E-state index >= 15 is 0 Å². The number of hydrogen-bond donors (Lipinski definition) is 0. The number of hydrogen-bond acceptors (Lipinski definition) is 1. The molecule has 0 aliphatic heterocycles. The zero-order valence-corrected chi connectivity index (χ0v) is 17.5. The summed E-state index contributed by atoms with van der Waals surface area (Å²) in [6, 6.07) is 10.5. The van der Waals surface area contributed by atoms with Crippen LogP contribution < -0.4 is 0 Å². The van der Waals surface area contributed by atoms with Crippen LogP contribution in [0.3, 0.4) is 0 Å². The fourth-order valence-electron chi connectivity index (χ4n) is 3.81. The molecule has 2 heteroatoms. The van der Waals surface area contributed by atoms with Crippen LogP contribution in [-0.2, 0) is 6.54 Å². The largest absolute Gasteiger partial charge is 0.331 e. The van der Waals surface area contributed by atoms with Crippen molar-refractivity contribution in [2.24, 2.45) is 0 Å². The van der Waals surface area contributed by atoms with Crippen LogP contribution in [0.1, 0.15) is 96.8 Å². The van der Waals surface area contributed by atoms with E-state index in [0.717, 1.165) is 12.4 Å². The van der Waals surface area contributed by atoms with E-state index in [1.54, 1.807) is 0 Å². The van der Waals surface area contributed by atoms with Crippen LogP contribution in [0.5, 0.6) is 0 Å². The van der Waals surface area contributed by atoms with Crippen molar-refractivity contribution < 1.29 is 0 Å². The summed E-state index contributed by atoms with van der Waals surface area (Å²) in [4.78, 5) is 4.53. The molecule has 2 nitrogen and oxygen atoms in total. The number of rotatable bonds is 16. The molecule has 0 unspecified atom stereocenters. The van der Waals surface area contributed by atoms with Crippen LogP contribution in [0.15, 0.2) is 42.7 Å². The minimum atomic E-state index is 1.09. The molecule has 1 aromatic carbocycles. The molecule has 0 amide bonds. The minimum Gasteiger partial charge on any atom is -0.331 e. The Balaban J connectivity index is 1.43. The summed E-state index contributed by atoms with van der Waals surface area (Å²) in [6.45, 7) is 3.38. The van der Waals surface area contributed by atoms with Crippen LogP contribution in [0.2, 0.25) is 0 Å². The van der Waals surface area contributed by atoms with Gasteiger partial charge in [0.25, 0.3) is 0 Å². The molecule has 0 fully saturated rings. The van der Waals surface area contributed by atoms with E-state index < -0.39 is 0 Å². The zero-order chi connectivity index (χ0) is 19.0. The van der Waals surface area contributed by atoms with Crippen molar-refractivity contribution in [3.8, 4) is 11.4 Å². The molecule has 0 atom stereocenters. The summed E-state index contributed by atoms with van der Waals surface area (Å²) in [5.74, 6) is 1.10. The predicted octanol–water partition coefficient (Wildman–Crippen LogP) is 8.03. The van der Waals surface area contributed by atoms with Gasteiger partial charge in [0.2, 0.25) is 0 Å². The molecule has 0 saturated heterocycles. The number of aryl methyl sites for hydroxylation is 1. The molecule has 27 heavy (non-hydrogen) atoms. The maximum absolute atomic E-state index is 4.53. The van der Waals surface area contributed by atoms with Crippen molar-refractivity contribution in [1.29, 1.82) is 0 Å². The lowest BCUT2D eigenvalue weighted by Gasteiger charge is -2.08. The highest BCUT2D eigenvalue weighted by Crippen LogP contribution is 2.18. The van der Waals surface area contributed by atoms with Gasteiger partial charge >= 0.3 is 0 Å². The van der Waals surface area contributed by atoms with Gasteiger partial charge in [0.05, 0.1) is 0 Å². The average Bonchev–Trinajstić information content (AvgIpc) is 3.17. The van der Waals surface area contributed by atoms with Gasteiger partial charge in [0, 0.05) is 24.5 Å². The summed E-state index contributed by atoms with van der Waals surface area (Å²) < 4.78 is 2.30. The molecule has 0 aliphatic rings. The zero-order valence-electron chi connectivity index (χ0n) is 17.5. The van der Waals surface area contributed by atoms with E-state index in [2.05, 4.69) is 53.0 Å². The molecule has 1 heterocycles. The smallest absolute Gasteiger partial charge is 0.139 e. The van der Waals surface area contributed by atoms with Crippen molar-refractivity contribution in [1.82, 2.24) is 9.55 Å². The normalized spacial score (nSPS) is 11.1. The highest BCUT2D eigenvalue weighted by molar-refractivity contribution is 5.54. The van der Waals surface area contributed by atoms with Crippen LogP contribution in [0.25, 0.3) is 11.4 Å². The molecule has 0 spiro atoms. The quantitative estimate of drug-likeness (QED) is 0.274. The Bertz CT molecular complexity index is 573. The van der Waals surface area contributed by atoms with E-state index in [1.807, 2.05) is 6.20 Å². The second kappa shape index (κ2) is 14.5. The van der Waals surface area contributed by atoms with Crippen molar-refractivity contribution in [3.63, 3.8) is 0 Å².